The molecule has 1 aromatic carbocycles. The standard InChI is InChI=1S/C22H28N4S2/c1-14(2)19-21(24-22-26(19)12-13-27-22)28-16(4)11-10-15(3)20-23-17-8-6-7-9-18(17)25(20)5/h6-9,12-16H,10-11H2,1-5H3. The van der Waals surface area contributed by atoms with E-state index in [1.807, 2.05) is 11.8 Å². The SMILES string of the molecule is CC(CCC(C)c1nc2ccccc2n1C)Sc1nc2sccn2c1C(C)C. The van der Waals surface area contributed by atoms with Gasteiger partial charge in [-0.3, -0.25) is 4.40 Å². The highest BCUT2D eigenvalue weighted by atomic mass is 32.2. The van der Waals surface area contributed by atoms with E-state index in [0.29, 0.717) is 17.1 Å². The van der Waals surface area contributed by atoms with Gasteiger partial charge in [-0.25, -0.2) is 9.97 Å². The van der Waals surface area contributed by atoms with Gasteiger partial charge in [0.05, 0.1) is 16.7 Å². The average molecular weight is 413 g/mol. The molecule has 0 bridgehead atoms. The van der Waals surface area contributed by atoms with Gasteiger partial charge in [-0.1, -0.05) is 39.8 Å². The summed E-state index contributed by atoms with van der Waals surface area (Å²) in [7, 11) is 2.13. The van der Waals surface area contributed by atoms with E-state index in [1.54, 1.807) is 11.3 Å². The summed E-state index contributed by atoms with van der Waals surface area (Å²) in [4.78, 5) is 10.9. The molecule has 0 fully saturated rings. The molecular formula is C22H28N4S2. The largest absolute Gasteiger partial charge is 0.331 e. The Bertz CT molecular complexity index is 1090. The summed E-state index contributed by atoms with van der Waals surface area (Å²) in [6.07, 6.45) is 4.42. The summed E-state index contributed by atoms with van der Waals surface area (Å²) in [6.45, 7) is 9.13. The molecule has 2 unspecified atom stereocenters. The zero-order valence-corrected chi connectivity index (χ0v) is 18.8. The molecule has 0 N–H and O–H groups in total. The highest BCUT2D eigenvalue weighted by molar-refractivity contribution is 7.99. The third-order valence-electron chi connectivity index (χ3n) is 5.39. The summed E-state index contributed by atoms with van der Waals surface area (Å²) in [5.41, 5.74) is 3.65. The predicted molar refractivity (Wildman–Crippen MR) is 121 cm³/mol. The van der Waals surface area contributed by atoms with E-state index < -0.39 is 0 Å². The second-order valence-corrected chi connectivity index (χ2v) is 10.2. The van der Waals surface area contributed by atoms with Crippen molar-refractivity contribution < 1.29 is 0 Å². The van der Waals surface area contributed by atoms with Gasteiger partial charge in [-0.15, -0.1) is 23.1 Å². The number of para-hydroxylation sites is 2. The Hall–Kier alpha value is -1.79. The van der Waals surface area contributed by atoms with Crippen LogP contribution in [0.15, 0.2) is 40.9 Å². The third kappa shape index (κ3) is 3.60. The Kier molecular flexibility index (Phi) is 5.52. The van der Waals surface area contributed by atoms with Crippen LogP contribution in [0, 0.1) is 0 Å². The van der Waals surface area contributed by atoms with Crippen molar-refractivity contribution in [1.82, 2.24) is 18.9 Å². The Morgan fingerprint density at radius 3 is 2.61 bits per heavy atom. The lowest BCUT2D eigenvalue weighted by molar-refractivity contribution is 0.585. The molecule has 0 amide bonds. The molecule has 4 rings (SSSR count). The number of rotatable bonds is 7. The zero-order valence-electron chi connectivity index (χ0n) is 17.2. The monoisotopic (exact) mass is 412 g/mol. The van der Waals surface area contributed by atoms with E-state index >= 15 is 0 Å². The van der Waals surface area contributed by atoms with Crippen molar-refractivity contribution in [2.75, 3.05) is 0 Å². The van der Waals surface area contributed by atoms with Crippen LogP contribution in [-0.2, 0) is 7.05 Å². The van der Waals surface area contributed by atoms with Crippen molar-refractivity contribution in [2.24, 2.45) is 7.05 Å². The van der Waals surface area contributed by atoms with E-state index in [4.69, 9.17) is 9.97 Å². The van der Waals surface area contributed by atoms with Crippen LogP contribution in [0.25, 0.3) is 16.0 Å². The number of thiazole rings is 1. The summed E-state index contributed by atoms with van der Waals surface area (Å²) in [5.74, 6) is 2.09. The molecule has 0 saturated heterocycles. The van der Waals surface area contributed by atoms with Crippen molar-refractivity contribution >= 4 is 39.1 Å². The second kappa shape index (κ2) is 7.91. The molecule has 0 aliphatic heterocycles. The predicted octanol–water partition coefficient (Wildman–Crippen LogP) is 6.47. The Balaban J connectivity index is 1.44. The van der Waals surface area contributed by atoms with Crippen molar-refractivity contribution in [3.05, 3.63) is 47.4 Å². The van der Waals surface area contributed by atoms with E-state index in [-0.39, 0.29) is 0 Å². The molecule has 148 valence electrons. The number of nitrogens with zero attached hydrogens (tertiary/aromatic N) is 4. The van der Waals surface area contributed by atoms with Gasteiger partial charge >= 0.3 is 0 Å². The zero-order chi connectivity index (χ0) is 19.8. The van der Waals surface area contributed by atoms with Crippen LogP contribution in [-0.4, -0.2) is 24.2 Å². The number of hydrogen-bond acceptors (Lipinski definition) is 4. The lowest BCUT2D eigenvalue weighted by atomic mass is 10.0. The van der Waals surface area contributed by atoms with Crippen LogP contribution in [0.2, 0.25) is 0 Å². The molecule has 0 aliphatic rings. The maximum Gasteiger partial charge on any atom is 0.194 e. The fourth-order valence-corrected chi connectivity index (χ4v) is 5.87. The first-order valence-electron chi connectivity index (χ1n) is 9.99. The lowest BCUT2D eigenvalue weighted by Gasteiger charge is -2.16. The van der Waals surface area contributed by atoms with Gasteiger partial charge in [0.1, 0.15) is 10.9 Å². The van der Waals surface area contributed by atoms with Crippen molar-refractivity contribution in [2.45, 2.75) is 62.6 Å². The van der Waals surface area contributed by atoms with Gasteiger partial charge < -0.3 is 4.57 Å². The molecule has 0 aliphatic carbocycles. The first-order chi connectivity index (χ1) is 13.5. The van der Waals surface area contributed by atoms with E-state index in [1.165, 1.54) is 22.1 Å². The number of hydrogen-bond donors (Lipinski definition) is 0. The fourth-order valence-electron chi connectivity index (χ4n) is 3.86. The minimum atomic E-state index is 0.440. The quantitative estimate of drug-likeness (QED) is 0.326. The van der Waals surface area contributed by atoms with Crippen LogP contribution in [0.3, 0.4) is 0 Å². The van der Waals surface area contributed by atoms with Crippen LogP contribution in [0.1, 0.15) is 63.9 Å². The molecule has 6 heteroatoms. The van der Waals surface area contributed by atoms with E-state index in [0.717, 1.165) is 23.3 Å². The van der Waals surface area contributed by atoms with Gasteiger partial charge in [0.25, 0.3) is 0 Å². The van der Waals surface area contributed by atoms with Gasteiger partial charge in [0.2, 0.25) is 0 Å². The molecule has 4 nitrogen and oxygen atoms in total. The van der Waals surface area contributed by atoms with Crippen LogP contribution < -0.4 is 0 Å². The Labute approximate surface area is 175 Å². The molecule has 0 saturated carbocycles. The molecule has 0 spiro atoms. The fraction of sp³-hybridized carbons (Fsp3) is 0.455. The van der Waals surface area contributed by atoms with E-state index in [2.05, 4.69) is 79.6 Å². The Morgan fingerprint density at radius 1 is 1.07 bits per heavy atom. The molecular weight excluding hydrogens is 384 g/mol. The minimum Gasteiger partial charge on any atom is -0.331 e. The highest BCUT2D eigenvalue weighted by Gasteiger charge is 2.20. The van der Waals surface area contributed by atoms with Crippen molar-refractivity contribution in [3.8, 4) is 0 Å². The topological polar surface area (TPSA) is 35.1 Å². The molecule has 0 radical (unpaired) electrons. The second-order valence-electron chi connectivity index (χ2n) is 7.94. The molecule has 3 heterocycles. The number of aryl methyl sites for hydroxylation is 1. The maximum absolute atomic E-state index is 4.89. The van der Waals surface area contributed by atoms with Gasteiger partial charge in [0, 0.05) is 29.8 Å². The Morgan fingerprint density at radius 2 is 1.86 bits per heavy atom. The molecule has 4 aromatic rings. The first kappa shape index (κ1) is 19.5. The number of fused-ring (bicyclic) bond motifs is 2. The average Bonchev–Trinajstić information content (AvgIpc) is 3.33. The minimum absolute atomic E-state index is 0.440. The van der Waals surface area contributed by atoms with Crippen LogP contribution >= 0.6 is 23.1 Å². The first-order valence-corrected chi connectivity index (χ1v) is 11.7. The van der Waals surface area contributed by atoms with Crippen LogP contribution in [0.4, 0.5) is 0 Å². The molecule has 2 atom stereocenters. The third-order valence-corrected chi connectivity index (χ3v) is 7.31. The van der Waals surface area contributed by atoms with Crippen LogP contribution in [0.5, 0.6) is 0 Å². The smallest absolute Gasteiger partial charge is 0.194 e. The van der Waals surface area contributed by atoms with Gasteiger partial charge in [0.15, 0.2) is 4.96 Å². The summed E-state index contributed by atoms with van der Waals surface area (Å²) < 4.78 is 4.50. The number of benzene rings is 1. The summed E-state index contributed by atoms with van der Waals surface area (Å²) in [6, 6.07) is 8.39. The summed E-state index contributed by atoms with van der Waals surface area (Å²) in [5, 5.41) is 3.84. The maximum atomic E-state index is 4.89. The molecule has 3 aromatic heterocycles. The normalized spacial score (nSPS) is 14.4. The van der Waals surface area contributed by atoms with Crippen molar-refractivity contribution in [1.29, 1.82) is 0 Å². The molecule has 28 heavy (non-hydrogen) atoms. The lowest BCUT2D eigenvalue weighted by Crippen LogP contribution is -2.06. The number of imidazole rings is 2. The number of aromatic nitrogens is 4. The highest BCUT2D eigenvalue weighted by Crippen LogP contribution is 2.35. The number of thioether (sulfide) groups is 1. The van der Waals surface area contributed by atoms with Crippen molar-refractivity contribution in [3.63, 3.8) is 0 Å². The van der Waals surface area contributed by atoms with E-state index in [9.17, 15) is 0 Å². The van der Waals surface area contributed by atoms with Gasteiger partial charge in [-0.05, 0) is 30.9 Å². The van der Waals surface area contributed by atoms with Gasteiger partial charge in [-0.2, -0.15) is 0 Å². The summed E-state index contributed by atoms with van der Waals surface area (Å²) >= 11 is 3.64.